The van der Waals surface area contributed by atoms with Gasteiger partial charge in [-0.05, 0) is 29.8 Å². The van der Waals surface area contributed by atoms with Gasteiger partial charge in [0.2, 0.25) is 5.91 Å². The number of amides is 1. The Bertz CT molecular complexity index is 744. The molecule has 1 aliphatic heterocycles. The summed E-state index contributed by atoms with van der Waals surface area (Å²) < 4.78 is 11.1. The number of rotatable bonds is 9. The van der Waals surface area contributed by atoms with Crippen LogP contribution in [-0.4, -0.2) is 64.4 Å². The van der Waals surface area contributed by atoms with E-state index < -0.39 is 0 Å². The monoisotopic (exact) mass is 397 g/mol. The molecule has 1 heterocycles. The van der Waals surface area contributed by atoms with E-state index in [-0.39, 0.29) is 11.9 Å². The lowest BCUT2D eigenvalue weighted by Gasteiger charge is -2.35. The van der Waals surface area contributed by atoms with Gasteiger partial charge < -0.3 is 19.7 Å². The molecule has 1 N–H and O–H groups in total. The van der Waals surface area contributed by atoms with Crippen molar-refractivity contribution in [1.29, 1.82) is 0 Å². The van der Waals surface area contributed by atoms with E-state index in [1.165, 1.54) is 5.56 Å². The van der Waals surface area contributed by atoms with Crippen molar-refractivity contribution in [2.45, 2.75) is 12.5 Å². The van der Waals surface area contributed by atoms with E-state index in [9.17, 15) is 4.79 Å². The van der Waals surface area contributed by atoms with Crippen molar-refractivity contribution in [2.75, 3.05) is 58.5 Å². The van der Waals surface area contributed by atoms with Crippen molar-refractivity contribution < 1.29 is 14.3 Å². The summed E-state index contributed by atoms with van der Waals surface area (Å²) in [5.41, 5.74) is 2.37. The highest BCUT2D eigenvalue weighted by Gasteiger charge is 2.23. The average Bonchev–Trinajstić information content (AvgIpc) is 2.76. The van der Waals surface area contributed by atoms with Gasteiger partial charge in [-0.1, -0.05) is 30.3 Å². The summed E-state index contributed by atoms with van der Waals surface area (Å²) in [7, 11) is 4.07. The number of ether oxygens (including phenoxy) is 2. The Hall–Kier alpha value is -2.57. The van der Waals surface area contributed by atoms with E-state index in [0.717, 1.165) is 37.7 Å². The van der Waals surface area contributed by atoms with Crippen molar-refractivity contribution >= 4 is 11.6 Å². The molecular formula is C23H31N3O3. The first kappa shape index (κ1) is 21.1. The fraction of sp³-hybridized carbons (Fsp3) is 0.435. The maximum atomic E-state index is 12.4. The van der Waals surface area contributed by atoms with Crippen LogP contribution in [0.2, 0.25) is 0 Å². The van der Waals surface area contributed by atoms with Gasteiger partial charge in [-0.3, -0.25) is 9.69 Å². The molecular weight excluding hydrogens is 366 g/mol. The molecule has 1 fully saturated rings. The van der Waals surface area contributed by atoms with Gasteiger partial charge in [-0.2, -0.15) is 0 Å². The molecule has 0 bridgehead atoms. The molecule has 0 aromatic heterocycles. The van der Waals surface area contributed by atoms with Crippen molar-refractivity contribution in [3.63, 3.8) is 0 Å². The molecule has 1 aliphatic rings. The normalized spacial score (nSPS) is 15.5. The summed E-state index contributed by atoms with van der Waals surface area (Å²) in [6, 6.07) is 18.3. The first-order valence-corrected chi connectivity index (χ1v) is 10.2. The van der Waals surface area contributed by atoms with Crippen molar-refractivity contribution in [3.05, 3.63) is 60.2 Å². The third-order valence-corrected chi connectivity index (χ3v) is 5.11. The third kappa shape index (κ3) is 6.48. The van der Waals surface area contributed by atoms with Crippen LogP contribution in [0.25, 0.3) is 0 Å². The number of nitrogens with zero attached hydrogens (tertiary/aromatic N) is 2. The Balaban J connectivity index is 1.55. The van der Waals surface area contributed by atoms with Crippen LogP contribution in [0.5, 0.6) is 5.75 Å². The van der Waals surface area contributed by atoms with Crippen LogP contribution in [0.15, 0.2) is 54.6 Å². The number of carbonyl (C=O) groups excluding carboxylic acids is 1. The number of carbonyl (C=O) groups is 1. The topological polar surface area (TPSA) is 54.0 Å². The van der Waals surface area contributed by atoms with Crippen LogP contribution in [0, 0.1) is 0 Å². The van der Waals surface area contributed by atoms with Crippen molar-refractivity contribution in [3.8, 4) is 5.75 Å². The van der Waals surface area contributed by atoms with Gasteiger partial charge in [0.05, 0.1) is 32.3 Å². The maximum Gasteiger partial charge on any atom is 0.223 e. The summed E-state index contributed by atoms with van der Waals surface area (Å²) in [6.45, 7) is 4.14. The van der Waals surface area contributed by atoms with Gasteiger partial charge >= 0.3 is 0 Å². The fourth-order valence-electron chi connectivity index (χ4n) is 3.42. The second kappa shape index (κ2) is 10.8. The van der Waals surface area contributed by atoms with E-state index in [4.69, 9.17) is 9.47 Å². The minimum Gasteiger partial charge on any atom is -0.493 e. The molecule has 29 heavy (non-hydrogen) atoms. The van der Waals surface area contributed by atoms with E-state index in [1.807, 2.05) is 44.4 Å². The van der Waals surface area contributed by atoms with E-state index in [2.05, 4.69) is 39.4 Å². The smallest absolute Gasteiger partial charge is 0.223 e. The Morgan fingerprint density at radius 2 is 1.79 bits per heavy atom. The zero-order valence-electron chi connectivity index (χ0n) is 17.3. The second-order valence-electron chi connectivity index (χ2n) is 7.37. The molecule has 0 saturated carbocycles. The van der Waals surface area contributed by atoms with Crippen LogP contribution < -0.4 is 15.0 Å². The number of para-hydroxylation sites is 1. The van der Waals surface area contributed by atoms with Crippen LogP contribution >= 0.6 is 0 Å². The largest absolute Gasteiger partial charge is 0.493 e. The first-order chi connectivity index (χ1) is 14.1. The lowest BCUT2D eigenvalue weighted by Crippen LogP contribution is -2.44. The molecule has 2 aromatic carbocycles. The molecule has 1 saturated heterocycles. The molecule has 3 rings (SSSR count). The second-order valence-corrected chi connectivity index (χ2v) is 7.37. The highest BCUT2D eigenvalue weighted by Crippen LogP contribution is 2.23. The molecule has 0 radical (unpaired) electrons. The first-order valence-electron chi connectivity index (χ1n) is 10.2. The third-order valence-electron chi connectivity index (χ3n) is 5.11. The zero-order chi connectivity index (χ0) is 20.5. The van der Waals surface area contributed by atoms with Crippen LogP contribution in [0.1, 0.15) is 18.0 Å². The minimum atomic E-state index is 0.00380. The average molecular weight is 398 g/mol. The van der Waals surface area contributed by atoms with Crippen LogP contribution in [-0.2, 0) is 9.53 Å². The highest BCUT2D eigenvalue weighted by atomic mass is 16.5. The lowest BCUT2D eigenvalue weighted by atomic mass is 10.0. The van der Waals surface area contributed by atoms with E-state index in [0.29, 0.717) is 19.6 Å². The Kier molecular flexibility index (Phi) is 7.90. The SMILES string of the molecule is CN(C)c1ccc(C(CNC(=O)CCOc2ccccc2)N2CCOCC2)cc1. The van der Waals surface area contributed by atoms with Gasteiger partial charge in [-0.25, -0.2) is 0 Å². The van der Waals surface area contributed by atoms with Crippen molar-refractivity contribution in [1.82, 2.24) is 10.2 Å². The Labute approximate surface area is 173 Å². The standard InChI is InChI=1S/C23H31N3O3/c1-25(2)20-10-8-19(9-11-20)22(26-13-16-28-17-14-26)18-24-23(27)12-15-29-21-6-4-3-5-7-21/h3-11,22H,12-18H2,1-2H3,(H,24,27). The maximum absolute atomic E-state index is 12.4. The summed E-state index contributed by atoms with van der Waals surface area (Å²) >= 11 is 0. The van der Waals surface area contributed by atoms with E-state index >= 15 is 0 Å². The molecule has 1 unspecified atom stereocenters. The van der Waals surface area contributed by atoms with Gasteiger partial charge in [0.1, 0.15) is 5.75 Å². The zero-order valence-corrected chi connectivity index (χ0v) is 17.3. The molecule has 1 atom stereocenters. The summed E-state index contributed by atoms with van der Waals surface area (Å²) in [4.78, 5) is 16.8. The van der Waals surface area contributed by atoms with Gasteiger partial charge in [0.15, 0.2) is 0 Å². The number of hydrogen-bond acceptors (Lipinski definition) is 5. The lowest BCUT2D eigenvalue weighted by molar-refractivity contribution is -0.121. The molecule has 1 amide bonds. The molecule has 2 aromatic rings. The van der Waals surface area contributed by atoms with E-state index in [1.54, 1.807) is 0 Å². The fourth-order valence-corrected chi connectivity index (χ4v) is 3.42. The number of anilines is 1. The number of nitrogens with one attached hydrogen (secondary N) is 1. The number of benzene rings is 2. The molecule has 156 valence electrons. The predicted octanol–water partition coefficient (Wildman–Crippen LogP) is 2.71. The summed E-state index contributed by atoms with van der Waals surface area (Å²) in [5.74, 6) is 0.788. The molecule has 6 heteroatoms. The van der Waals surface area contributed by atoms with Crippen molar-refractivity contribution in [2.24, 2.45) is 0 Å². The summed E-state index contributed by atoms with van der Waals surface area (Å²) in [5, 5.41) is 3.09. The van der Waals surface area contributed by atoms with Crippen LogP contribution in [0.3, 0.4) is 0 Å². The summed E-state index contributed by atoms with van der Waals surface area (Å²) in [6.07, 6.45) is 0.338. The predicted molar refractivity (Wildman–Crippen MR) is 115 cm³/mol. The Morgan fingerprint density at radius 1 is 1.10 bits per heavy atom. The van der Waals surface area contributed by atoms with Crippen LogP contribution in [0.4, 0.5) is 5.69 Å². The van der Waals surface area contributed by atoms with Gasteiger partial charge in [0.25, 0.3) is 0 Å². The molecule has 6 nitrogen and oxygen atoms in total. The van der Waals surface area contributed by atoms with Gasteiger partial charge in [-0.15, -0.1) is 0 Å². The number of morpholine rings is 1. The quantitative estimate of drug-likeness (QED) is 0.705. The molecule has 0 aliphatic carbocycles. The van der Waals surface area contributed by atoms with Gasteiger partial charge in [0, 0.05) is 39.4 Å². The number of hydrogen-bond donors (Lipinski definition) is 1. The highest BCUT2D eigenvalue weighted by molar-refractivity contribution is 5.76. The molecule has 0 spiro atoms. The Morgan fingerprint density at radius 3 is 2.45 bits per heavy atom. The minimum absolute atomic E-state index is 0.00380.